The topological polar surface area (TPSA) is 63.7 Å². The lowest BCUT2D eigenvalue weighted by molar-refractivity contribution is -0.149. The molecule has 1 rings (SSSR count). The predicted octanol–water partition coefficient (Wildman–Crippen LogP) is 0.785. The molecule has 0 saturated carbocycles. The van der Waals surface area contributed by atoms with Crippen LogP contribution in [0.1, 0.15) is 6.92 Å². The molecule has 15 heavy (non-hydrogen) atoms. The highest BCUT2D eigenvalue weighted by molar-refractivity contribution is 7.89. The van der Waals surface area contributed by atoms with E-state index >= 15 is 0 Å². The maximum atomic E-state index is 11.8. The summed E-state index contributed by atoms with van der Waals surface area (Å²) in [5.74, 6) is -0.693. The largest absolute Gasteiger partial charge is 0.289 e. The van der Waals surface area contributed by atoms with Gasteiger partial charge in [0.05, 0.1) is 12.0 Å². The van der Waals surface area contributed by atoms with Crippen LogP contribution in [-0.4, -0.2) is 25.9 Å². The average Bonchev–Trinajstić information content (AvgIpc) is 2.19. The summed E-state index contributed by atoms with van der Waals surface area (Å²) in [7, 11) is -2.76. The van der Waals surface area contributed by atoms with Gasteiger partial charge in [-0.2, -0.15) is 8.42 Å². The van der Waals surface area contributed by atoms with Gasteiger partial charge in [0.2, 0.25) is 0 Å². The van der Waals surface area contributed by atoms with Crippen molar-refractivity contribution in [3.8, 4) is 0 Å². The lowest BCUT2D eigenvalue weighted by atomic mass is 10.4. The predicted molar refractivity (Wildman–Crippen MR) is 53.2 cm³/mol. The molecule has 0 unspecified atom stereocenters. The summed E-state index contributed by atoms with van der Waals surface area (Å²) < 4.78 is 23.9. The molecule has 0 bridgehead atoms. The first-order chi connectivity index (χ1) is 7.00. The van der Waals surface area contributed by atoms with Crippen molar-refractivity contribution in [1.29, 1.82) is 0 Å². The van der Waals surface area contributed by atoms with Crippen molar-refractivity contribution in [3.05, 3.63) is 30.3 Å². The summed E-state index contributed by atoms with van der Waals surface area (Å²) in [6.45, 7) is 1.12. The molecule has 0 saturated heterocycles. The van der Waals surface area contributed by atoms with Crippen molar-refractivity contribution in [2.24, 2.45) is 0 Å². The molecule has 0 atom stereocenters. The SMILES string of the molecule is CON(C(C)=O)S(=O)(=O)c1ccccc1. The Morgan fingerprint density at radius 1 is 1.27 bits per heavy atom. The number of hydrogen-bond donors (Lipinski definition) is 0. The number of nitrogens with zero attached hydrogens (tertiary/aromatic N) is 1. The zero-order chi connectivity index (χ0) is 11.5. The summed E-state index contributed by atoms with van der Waals surface area (Å²) >= 11 is 0. The quantitative estimate of drug-likeness (QED) is 0.719. The van der Waals surface area contributed by atoms with Gasteiger partial charge >= 0.3 is 0 Å². The minimum Gasteiger partial charge on any atom is -0.272 e. The third-order valence-corrected chi connectivity index (χ3v) is 3.39. The Labute approximate surface area is 88.3 Å². The number of hydrogen-bond acceptors (Lipinski definition) is 4. The number of amides is 1. The second kappa shape index (κ2) is 4.41. The number of rotatable bonds is 3. The highest BCUT2D eigenvalue weighted by Gasteiger charge is 2.26. The Balaban J connectivity index is 3.19. The number of carbonyl (C=O) groups is 1. The molecule has 1 aromatic rings. The van der Waals surface area contributed by atoms with Gasteiger partial charge in [0, 0.05) is 6.92 Å². The van der Waals surface area contributed by atoms with Gasteiger partial charge in [0.15, 0.2) is 0 Å². The fourth-order valence-corrected chi connectivity index (χ4v) is 2.31. The number of hydroxylamine groups is 1. The minimum absolute atomic E-state index is 0.0158. The van der Waals surface area contributed by atoms with E-state index in [0.29, 0.717) is 4.47 Å². The summed E-state index contributed by atoms with van der Waals surface area (Å²) in [6, 6.07) is 7.61. The van der Waals surface area contributed by atoms with Gasteiger partial charge in [0.25, 0.3) is 15.9 Å². The van der Waals surface area contributed by atoms with Crippen LogP contribution in [0, 0.1) is 0 Å². The van der Waals surface area contributed by atoms with E-state index < -0.39 is 15.9 Å². The van der Waals surface area contributed by atoms with Crippen molar-refractivity contribution in [2.45, 2.75) is 11.8 Å². The Kier molecular flexibility index (Phi) is 3.43. The van der Waals surface area contributed by atoms with Crippen LogP contribution in [0.4, 0.5) is 0 Å². The molecule has 0 aliphatic rings. The van der Waals surface area contributed by atoms with Gasteiger partial charge < -0.3 is 0 Å². The molecule has 5 nitrogen and oxygen atoms in total. The van der Waals surface area contributed by atoms with Gasteiger partial charge in [0.1, 0.15) is 0 Å². The van der Waals surface area contributed by atoms with E-state index in [-0.39, 0.29) is 4.90 Å². The number of carbonyl (C=O) groups excluding carboxylic acids is 1. The standard InChI is InChI=1S/C9H11NO4S/c1-8(11)10(14-2)15(12,13)9-6-4-3-5-7-9/h3-7H,1-2H3. The van der Waals surface area contributed by atoms with E-state index in [1.165, 1.54) is 12.1 Å². The fourth-order valence-electron chi connectivity index (χ4n) is 1.08. The maximum absolute atomic E-state index is 11.8. The second-order valence-corrected chi connectivity index (χ2v) is 4.50. The van der Waals surface area contributed by atoms with E-state index in [4.69, 9.17) is 0 Å². The first-order valence-electron chi connectivity index (χ1n) is 4.15. The molecule has 6 heteroatoms. The number of benzene rings is 1. The first-order valence-corrected chi connectivity index (χ1v) is 5.59. The number of sulfonamides is 1. The van der Waals surface area contributed by atoms with Crippen LogP contribution in [0.2, 0.25) is 0 Å². The zero-order valence-electron chi connectivity index (χ0n) is 8.38. The fraction of sp³-hybridized carbons (Fsp3) is 0.222. The van der Waals surface area contributed by atoms with Crippen molar-refractivity contribution in [2.75, 3.05) is 7.11 Å². The van der Waals surface area contributed by atoms with Crippen LogP contribution in [0.15, 0.2) is 35.2 Å². The summed E-state index contributed by atoms with van der Waals surface area (Å²) in [4.78, 5) is 15.6. The van der Waals surface area contributed by atoms with E-state index in [1.54, 1.807) is 18.2 Å². The molecule has 1 aromatic carbocycles. The maximum Gasteiger partial charge on any atom is 0.289 e. The lowest BCUT2D eigenvalue weighted by Gasteiger charge is -2.17. The normalized spacial score (nSPS) is 11.1. The Hall–Kier alpha value is -1.40. The third-order valence-electron chi connectivity index (χ3n) is 1.68. The van der Waals surface area contributed by atoms with Crippen LogP contribution in [-0.2, 0) is 19.7 Å². The Bertz CT molecular complexity index is 440. The molecular weight excluding hydrogens is 218 g/mol. The molecule has 1 amide bonds. The monoisotopic (exact) mass is 229 g/mol. The molecule has 0 aliphatic carbocycles. The van der Waals surface area contributed by atoms with Gasteiger partial charge in [-0.25, -0.2) is 0 Å². The molecule has 0 aliphatic heterocycles. The van der Waals surface area contributed by atoms with Crippen LogP contribution in [0.25, 0.3) is 0 Å². The van der Waals surface area contributed by atoms with Crippen molar-refractivity contribution in [1.82, 2.24) is 4.47 Å². The van der Waals surface area contributed by atoms with Crippen LogP contribution in [0.3, 0.4) is 0 Å². The molecule has 0 spiro atoms. The van der Waals surface area contributed by atoms with E-state index in [9.17, 15) is 13.2 Å². The smallest absolute Gasteiger partial charge is 0.272 e. The van der Waals surface area contributed by atoms with Gasteiger partial charge in [-0.05, 0) is 12.1 Å². The highest BCUT2D eigenvalue weighted by Crippen LogP contribution is 2.14. The zero-order valence-corrected chi connectivity index (χ0v) is 9.19. The molecule has 0 aromatic heterocycles. The minimum atomic E-state index is -3.89. The van der Waals surface area contributed by atoms with E-state index in [0.717, 1.165) is 14.0 Å². The van der Waals surface area contributed by atoms with Gasteiger partial charge in [-0.3, -0.25) is 9.63 Å². The Morgan fingerprint density at radius 2 is 1.80 bits per heavy atom. The van der Waals surface area contributed by atoms with Crippen molar-refractivity contribution >= 4 is 15.9 Å². The van der Waals surface area contributed by atoms with Gasteiger partial charge in [-0.1, -0.05) is 18.2 Å². The summed E-state index contributed by atoms with van der Waals surface area (Å²) in [5, 5.41) is 0. The molecular formula is C9H11NO4S. The van der Waals surface area contributed by atoms with Crippen LogP contribution in [0.5, 0.6) is 0 Å². The Morgan fingerprint density at radius 3 is 2.20 bits per heavy atom. The summed E-state index contributed by atoms with van der Waals surface area (Å²) in [6.07, 6.45) is 0. The molecule has 0 fully saturated rings. The van der Waals surface area contributed by atoms with E-state index in [1.807, 2.05) is 0 Å². The van der Waals surface area contributed by atoms with Crippen molar-refractivity contribution < 1.29 is 18.0 Å². The second-order valence-electron chi connectivity index (χ2n) is 2.75. The third kappa shape index (κ3) is 2.34. The highest BCUT2D eigenvalue weighted by atomic mass is 32.2. The average molecular weight is 229 g/mol. The molecule has 0 radical (unpaired) electrons. The molecule has 0 N–H and O–H groups in total. The van der Waals surface area contributed by atoms with Crippen molar-refractivity contribution in [3.63, 3.8) is 0 Å². The molecule has 82 valence electrons. The summed E-state index contributed by atoms with van der Waals surface area (Å²) in [5.41, 5.74) is 0. The van der Waals surface area contributed by atoms with Crippen LogP contribution >= 0.6 is 0 Å². The van der Waals surface area contributed by atoms with Crippen LogP contribution < -0.4 is 0 Å². The first kappa shape index (κ1) is 11.7. The molecule has 0 heterocycles. The van der Waals surface area contributed by atoms with Gasteiger partial charge in [-0.15, -0.1) is 4.47 Å². The van der Waals surface area contributed by atoms with E-state index in [2.05, 4.69) is 4.84 Å². The lowest BCUT2D eigenvalue weighted by Crippen LogP contribution is -2.34.